The molecular weight excluding hydrogens is 551 g/mol. The molecule has 0 aromatic carbocycles. The molecule has 0 heterocycles. The van der Waals surface area contributed by atoms with Crippen LogP contribution in [0.4, 0.5) is 57.1 Å². The molecule has 0 aromatic rings. The molecule has 0 N–H and O–H groups in total. The van der Waals surface area contributed by atoms with Crippen LogP contribution in [0.1, 0.15) is 6.42 Å². The van der Waals surface area contributed by atoms with E-state index in [9.17, 15) is 57.1 Å². The van der Waals surface area contributed by atoms with Crippen molar-refractivity contribution in [3.63, 3.8) is 0 Å². The summed E-state index contributed by atoms with van der Waals surface area (Å²) in [4.78, 5) is 0. The normalized spacial score (nSPS) is 15.9. The van der Waals surface area contributed by atoms with Crippen LogP contribution in [0, 0.1) is 0 Å². The fourth-order valence-electron chi connectivity index (χ4n) is 1.13. The molecule has 0 atom stereocenters. The van der Waals surface area contributed by atoms with Crippen molar-refractivity contribution in [2.45, 2.75) is 46.7 Å². The zero-order valence-electron chi connectivity index (χ0n) is 10.1. The number of alkyl halides is 13. The van der Waals surface area contributed by atoms with E-state index in [1.165, 1.54) is 0 Å². The molecule has 0 aliphatic heterocycles. The summed E-state index contributed by atoms with van der Waals surface area (Å²) < 4.78 is 163. The quantitative estimate of drug-likeness (QED) is 0.286. The first-order valence-corrected chi connectivity index (χ1v) is 11.9. The van der Waals surface area contributed by atoms with Crippen LogP contribution in [0.15, 0.2) is 0 Å². The van der Waals surface area contributed by atoms with Gasteiger partial charge < -0.3 is 0 Å². The van der Waals surface area contributed by atoms with Crippen molar-refractivity contribution in [1.29, 1.82) is 0 Å². The molecule has 0 rings (SSSR count). The predicted molar refractivity (Wildman–Crippen MR) is 54.9 cm³/mol. The Kier molecular flexibility index (Phi) is 6.69. The zero-order valence-corrected chi connectivity index (χ0v) is 14.0. The van der Waals surface area contributed by atoms with Gasteiger partial charge in [0, 0.05) is 0 Å². The van der Waals surface area contributed by atoms with Crippen molar-refractivity contribution in [2.75, 3.05) is 0 Å². The van der Waals surface area contributed by atoms with E-state index in [0.717, 1.165) is 0 Å². The van der Waals surface area contributed by atoms with Gasteiger partial charge in [0.25, 0.3) is 0 Å². The Labute approximate surface area is 135 Å². The fraction of sp³-hybridized carbons (Fsp3) is 1.00. The standard InChI is InChI=1S/C8H4BrF13Te/c9-23-2-1-3(10,11)4(12,13)5(14,15)6(16,17)7(18,19)8(20,21)22/h1-2H2. The predicted octanol–water partition coefficient (Wildman–Crippen LogP) is 5.55. The van der Waals surface area contributed by atoms with Gasteiger partial charge in [0.2, 0.25) is 0 Å². The third kappa shape index (κ3) is 3.65. The molecule has 23 heavy (non-hydrogen) atoms. The maximum atomic E-state index is 13.0. The fourth-order valence-corrected chi connectivity index (χ4v) is 3.16. The number of hydrogen-bond acceptors (Lipinski definition) is 0. The van der Waals surface area contributed by atoms with Gasteiger partial charge in [-0.3, -0.25) is 0 Å². The van der Waals surface area contributed by atoms with Crippen LogP contribution in [0.2, 0.25) is 4.47 Å². The molecular formula is C8H4BrF13Te. The summed E-state index contributed by atoms with van der Waals surface area (Å²) in [5.41, 5.74) is 0. The van der Waals surface area contributed by atoms with E-state index in [1.54, 1.807) is 0 Å². The summed E-state index contributed by atoms with van der Waals surface area (Å²) in [6, 6.07) is 0. The van der Waals surface area contributed by atoms with Gasteiger partial charge in [-0.05, 0) is 0 Å². The average Bonchev–Trinajstić information content (AvgIpc) is 2.34. The first-order chi connectivity index (χ1) is 9.81. The molecule has 0 radical (unpaired) electrons. The van der Waals surface area contributed by atoms with Crippen molar-refractivity contribution < 1.29 is 57.1 Å². The molecule has 0 fully saturated rings. The van der Waals surface area contributed by atoms with E-state index in [-0.39, 0.29) is 0 Å². The summed E-state index contributed by atoms with van der Waals surface area (Å²) in [6.45, 7) is 0. The van der Waals surface area contributed by atoms with Crippen LogP contribution in [0.25, 0.3) is 0 Å². The van der Waals surface area contributed by atoms with Crippen LogP contribution in [-0.4, -0.2) is 54.5 Å². The Morgan fingerprint density at radius 1 is 0.565 bits per heavy atom. The average molecular weight is 555 g/mol. The molecule has 0 unspecified atom stereocenters. The molecule has 0 spiro atoms. The zero-order chi connectivity index (χ0) is 19.1. The van der Waals surface area contributed by atoms with E-state index in [0.29, 0.717) is 0 Å². The van der Waals surface area contributed by atoms with Gasteiger partial charge in [-0.25, -0.2) is 0 Å². The number of halogens is 14. The van der Waals surface area contributed by atoms with E-state index in [2.05, 4.69) is 12.8 Å². The van der Waals surface area contributed by atoms with Crippen LogP contribution >= 0.6 is 12.8 Å². The molecule has 0 aromatic heterocycles. The molecule has 15 heteroatoms. The molecule has 140 valence electrons. The van der Waals surface area contributed by atoms with Crippen molar-refractivity contribution in [1.82, 2.24) is 0 Å². The topological polar surface area (TPSA) is 0 Å². The van der Waals surface area contributed by atoms with Gasteiger partial charge in [-0.2, -0.15) is 0 Å². The second kappa shape index (κ2) is 6.58. The summed E-state index contributed by atoms with van der Waals surface area (Å²) >= 11 is 1.02. The van der Waals surface area contributed by atoms with Gasteiger partial charge >= 0.3 is 135 Å². The van der Waals surface area contributed by atoms with Crippen molar-refractivity contribution in [3.05, 3.63) is 0 Å². The summed E-state index contributed by atoms with van der Waals surface area (Å²) in [5, 5.41) is 0. The van der Waals surface area contributed by atoms with Crippen molar-refractivity contribution in [2.24, 2.45) is 0 Å². The first-order valence-electron chi connectivity index (χ1n) is 5.00. The number of rotatable bonds is 7. The second-order valence-corrected chi connectivity index (χ2v) is 8.92. The van der Waals surface area contributed by atoms with E-state index in [4.69, 9.17) is 0 Å². The Bertz CT molecular complexity index is 415. The molecule has 0 nitrogen and oxygen atoms in total. The molecule has 0 amide bonds. The van der Waals surface area contributed by atoms with Crippen LogP contribution in [0.5, 0.6) is 0 Å². The summed E-state index contributed by atoms with van der Waals surface area (Å²) in [5.74, 6) is -36.2. The van der Waals surface area contributed by atoms with Crippen LogP contribution in [-0.2, 0) is 0 Å². The third-order valence-electron chi connectivity index (χ3n) is 2.49. The van der Waals surface area contributed by atoms with E-state index >= 15 is 0 Å². The first kappa shape index (κ1) is 23.4. The Morgan fingerprint density at radius 2 is 0.913 bits per heavy atom. The summed E-state index contributed by atoms with van der Waals surface area (Å²) in [6.07, 6.45) is -9.47. The second-order valence-electron chi connectivity index (χ2n) is 4.06. The maximum absolute atomic E-state index is 13.0. The SMILES string of the molecule is FC(F)(F)C(F)(F)C(F)(F)C(F)(F)C(F)(F)C(F)(F)CC[Te]Br. The molecule has 0 saturated heterocycles. The Hall–Kier alpha value is 0.360. The van der Waals surface area contributed by atoms with E-state index < -0.39 is 65.4 Å². The molecule has 0 bridgehead atoms. The molecule has 0 saturated carbocycles. The van der Waals surface area contributed by atoms with Crippen molar-refractivity contribution in [3.8, 4) is 0 Å². The monoisotopic (exact) mass is 556 g/mol. The van der Waals surface area contributed by atoms with Crippen molar-refractivity contribution >= 4 is 31.5 Å². The van der Waals surface area contributed by atoms with Gasteiger partial charge in [-0.15, -0.1) is 0 Å². The number of hydrogen-bond donors (Lipinski definition) is 0. The Balaban J connectivity index is 6.03. The molecule has 0 aliphatic rings. The Morgan fingerprint density at radius 3 is 1.22 bits per heavy atom. The van der Waals surface area contributed by atoms with Gasteiger partial charge in [0.05, 0.1) is 0 Å². The van der Waals surface area contributed by atoms with Gasteiger partial charge in [0.1, 0.15) is 0 Å². The minimum atomic E-state index is -7.81. The summed E-state index contributed by atoms with van der Waals surface area (Å²) in [7, 11) is 0. The third-order valence-corrected chi connectivity index (χ3v) is 5.69. The van der Waals surface area contributed by atoms with Crippen LogP contribution < -0.4 is 0 Å². The van der Waals surface area contributed by atoms with Gasteiger partial charge in [0.15, 0.2) is 0 Å². The van der Waals surface area contributed by atoms with Crippen LogP contribution in [0.3, 0.4) is 0 Å². The van der Waals surface area contributed by atoms with Gasteiger partial charge in [-0.1, -0.05) is 0 Å². The minimum absolute atomic E-state index is 0.842. The van der Waals surface area contributed by atoms with E-state index in [1.807, 2.05) is 0 Å². The molecule has 0 aliphatic carbocycles.